The first kappa shape index (κ1) is 9.87. The van der Waals surface area contributed by atoms with Gasteiger partial charge in [0.1, 0.15) is 0 Å². The van der Waals surface area contributed by atoms with Gasteiger partial charge < -0.3 is 0 Å². The van der Waals surface area contributed by atoms with Gasteiger partial charge in [0.05, 0.1) is 4.91 Å². The fourth-order valence-corrected chi connectivity index (χ4v) is 1.69. The van der Waals surface area contributed by atoms with Crippen LogP contribution in [0.25, 0.3) is 0 Å². The van der Waals surface area contributed by atoms with E-state index in [-0.39, 0.29) is 0 Å². The number of allylic oxidation sites excluding steroid dienone is 4. The second kappa shape index (κ2) is 5.64. The third-order valence-corrected chi connectivity index (χ3v) is 2.53. The highest BCUT2D eigenvalue weighted by atomic mass is 79.9. The first-order valence-electron chi connectivity index (χ1n) is 2.79. The highest BCUT2D eigenvalue weighted by Crippen LogP contribution is 2.21. The molecule has 0 rings (SSSR count). The van der Waals surface area contributed by atoms with Gasteiger partial charge in [-0.05, 0) is 29.1 Å². The number of halogens is 1. The molecule has 0 saturated carbocycles. The van der Waals surface area contributed by atoms with Crippen LogP contribution in [-0.4, -0.2) is 6.26 Å². The first-order chi connectivity index (χ1) is 4.76. The zero-order valence-corrected chi connectivity index (χ0v) is 8.42. The monoisotopic (exact) mass is 216 g/mol. The van der Waals surface area contributed by atoms with Crippen molar-refractivity contribution in [3.63, 3.8) is 0 Å². The van der Waals surface area contributed by atoms with Crippen LogP contribution in [0, 0.1) is 12.3 Å². The lowest BCUT2D eigenvalue weighted by atomic mass is 10.4. The number of hydrogen-bond acceptors (Lipinski definition) is 1. The molecule has 0 atom stereocenters. The number of terminal acetylenes is 1. The molecule has 54 valence electrons. The summed E-state index contributed by atoms with van der Waals surface area (Å²) in [6.45, 7) is 1.95. The summed E-state index contributed by atoms with van der Waals surface area (Å²) in [7, 11) is 0. The van der Waals surface area contributed by atoms with E-state index in [0.29, 0.717) is 0 Å². The van der Waals surface area contributed by atoms with Crippen LogP contribution in [0.2, 0.25) is 0 Å². The zero-order valence-electron chi connectivity index (χ0n) is 6.02. The molecule has 0 nitrogen and oxygen atoms in total. The molecule has 0 aliphatic heterocycles. The van der Waals surface area contributed by atoms with Crippen LogP contribution >= 0.6 is 27.7 Å². The highest BCUT2D eigenvalue weighted by molar-refractivity contribution is 9.12. The van der Waals surface area contributed by atoms with Gasteiger partial charge in [-0.3, -0.25) is 0 Å². The molecule has 0 radical (unpaired) electrons. The zero-order chi connectivity index (χ0) is 7.98. The highest BCUT2D eigenvalue weighted by Gasteiger charge is 1.93. The van der Waals surface area contributed by atoms with E-state index in [1.54, 1.807) is 11.8 Å². The summed E-state index contributed by atoms with van der Waals surface area (Å²) >= 11 is 4.92. The van der Waals surface area contributed by atoms with Crippen LogP contribution in [0.15, 0.2) is 21.5 Å². The topological polar surface area (TPSA) is 0 Å². The first-order valence-corrected chi connectivity index (χ1v) is 4.81. The van der Waals surface area contributed by atoms with Crippen LogP contribution in [0.4, 0.5) is 0 Å². The Morgan fingerprint density at radius 2 is 2.30 bits per heavy atom. The number of thioether (sulfide) groups is 1. The predicted molar refractivity (Wildman–Crippen MR) is 53.1 cm³/mol. The van der Waals surface area contributed by atoms with Crippen LogP contribution in [0.3, 0.4) is 0 Å². The van der Waals surface area contributed by atoms with Gasteiger partial charge in [0.25, 0.3) is 0 Å². The summed E-state index contributed by atoms with van der Waals surface area (Å²) in [6.07, 6.45) is 11.1. The van der Waals surface area contributed by atoms with E-state index in [1.807, 2.05) is 25.3 Å². The van der Waals surface area contributed by atoms with Crippen LogP contribution < -0.4 is 0 Å². The summed E-state index contributed by atoms with van der Waals surface area (Å²) in [5, 5.41) is 0. The normalized spacial score (nSPS) is 13.0. The van der Waals surface area contributed by atoms with Crippen LogP contribution in [-0.2, 0) is 0 Å². The van der Waals surface area contributed by atoms with Gasteiger partial charge in [0.15, 0.2) is 0 Å². The van der Waals surface area contributed by atoms with Gasteiger partial charge in [0, 0.05) is 4.48 Å². The summed E-state index contributed by atoms with van der Waals surface area (Å²) in [4.78, 5) is 0.929. The van der Waals surface area contributed by atoms with Gasteiger partial charge in [-0.1, -0.05) is 18.1 Å². The molecule has 0 aliphatic carbocycles. The lowest BCUT2D eigenvalue weighted by Gasteiger charge is -1.93. The summed E-state index contributed by atoms with van der Waals surface area (Å²) < 4.78 is 0.977. The average molecular weight is 217 g/mol. The molecule has 0 fully saturated rings. The quantitative estimate of drug-likeness (QED) is 0.505. The molecule has 0 N–H and O–H groups in total. The van der Waals surface area contributed by atoms with E-state index in [2.05, 4.69) is 21.9 Å². The minimum absolute atomic E-state index is 0.929. The Morgan fingerprint density at radius 1 is 1.70 bits per heavy atom. The van der Waals surface area contributed by atoms with Gasteiger partial charge in [-0.15, -0.1) is 18.2 Å². The van der Waals surface area contributed by atoms with E-state index < -0.39 is 0 Å². The molecule has 10 heavy (non-hydrogen) atoms. The van der Waals surface area contributed by atoms with Crippen LogP contribution in [0.5, 0.6) is 0 Å². The molecule has 0 aromatic carbocycles. The molecule has 0 unspecified atom stereocenters. The molecular weight excluding hydrogens is 208 g/mol. The molecule has 0 saturated heterocycles. The molecule has 0 aromatic rings. The smallest absolute Gasteiger partial charge is 0.0710 e. The van der Waals surface area contributed by atoms with Crippen molar-refractivity contribution in [1.82, 2.24) is 0 Å². The Balaban J connectivity index is 4.47. The molecule has 0 aliphatic rings. The number of rotatable bonds is 2. The summed E-state index contributed by atoms with van der Waals surface area (Å²) in [5.74, 6) is 2.58. The van der Waals surface area contributed by atoms with E-state index in [4.69, 9.17) is 6.42 Å². The Labute approximate surface area is 74.9 Å². The van der Waals surface area contributed by atoms with Crippen molar-refractivity contribution in [2.75, 3.05) is 6.26 Å². The molecule has 0 bridgehead atoms. The van der Waals surface area contributed by atoms with E-state index >= 15 is 0 Å². The van der Waals surface area contributed by atoms with Crippen LogP contribution in [0.1, 0.15) is 6.92 Å². The maximum absolute atomic E-state index is 5.22. The van der Waals surface area contributed by atoms with Gasteiger partial charge in [0.2, 0.25) is 0 Å². The maximum atomic E-state index is 5.22. The fraction of sp³-hybridized carbons (Fsp3) is 0.250. The molecule has 0 spiro atoms. The molecule has 0 aromatic heterocycles. The third kappa shape index (κ3) is 3.14. The van der Waals surface area contributed by atoms with Gasteiger partial charge >= 0.3 is 0 Å². The van der Waals surface area contributed by atoms with Crippen molar-refractivity contribution < 1.29 is 0 Å². The summed E-state index contributed by atoms with van der Waals surface area (Å²) in [5.41, 5.74) is 0. The number of hydrogen-bond donors (Lipinski definition) is 0. The largest absolute Gasteiger partial charge is 0.119 e. The van der Waals surface area contributed by atoms with Gasteiger partial charge in [-0.2, -0.15) is 0 Å². The van der Waals surface area contributed by atoms with Crippen molar-refractivity contribution in [1.29, 1.82) is 0 Å². The average Bonchev–Trinajstić information content (AvgIpc) is 1.91. The van der Waals surface area contributed by atoms with Crippen molar-refractivity contribution in [2.45, 2.75) is 6.92 Å². The van der Waals surface area contributed by atoms with E-state index in [1.165, 1.54) is 0 Å². The second-order valence-electron chi connectivity index (χ2n) is 1.53. The van der Waals surface area contributed by atoms with E-state index in [9.17, 15) is 0 Å². The van der Waals surface area contributed by atoms with Crippen molar-refractivity contribution in [3.8, 4) is 12.3 Å². The molecular formula is C8H9BrS. The van der Waals surface area contributed by atoms with E-state index in [0.717, 1.165) is 9.39 Å². The molecule has 0 heterocycles. The minimum atomic E-state index is 0.929. The SMILES string of the molecule is C#CC(SC)=C(Br)C=CC. The lowest BCUT2D eigenvalue weighted by Crippen LogP contribution is -1.71. The molecule has 0 amide bonds. The summed E-state index contributed by atoms with van der Waals surface area (Å²) in [6, 6.07) is 0. The Kier molecular flexibility index (Phi) is 5.57. The standard InChI is InChI=1S/C8H9BrS/c1-4-6-7(9)8(5-2)10-3/h2,4,6H,1,3H3. The minimum Gasteiger partial charge on any atom is -0.119 e. The Morgan fingerprint density at radius 3 is 2.60 bits per heavy atom. The van der Waals surface area contributed by atoms with Crippen molar-refractivity contribution in [3.05, 3.63) is 21.5 Å². The predicted octanol–water partition coefficient (Wildman–Crippen LogP) is 3.17. The molecule has 2 heteroatoms. The lowest BCUT2D eigenvalue weighted by molar-refractivity contribution is 1.72. The Bertz CT molecular complexity index is 196. The Hall–Kier alpha value is -0.130. The van der Waals surface area contributed by atoms with Crippen molar-refractivity contribution in [2.24, 2.45) is 0 Å². The third-order valence-electron chi connectivity index (χ3n) is 0.865. The fourth-order valence-electron chi connectivity index (χ4n) is 0.447. The van der Waals surface area contributed by atoms with Crippen molar-refractivity contribution >= 4 is 27.7 Å². The second-order valence-corrected chi connectivity index (χ2v) is 3.20. The maximum Gasteiger partial charge on any atom is 0.0710 e. The van der Waals surface area contributed by atoms with Gasteiger partial charge in [-0.25, -0.2) is 0 Å².